The summed E-state index contributed by atoms with van der Waals surface area (Å²) >= 11 is 6.01. The Labute approximate surface area is 84.7 Å². The average molecular weight is 219 g/mol. The van der Waals surface area contributed by atoms with Crippen molar-refractivity contribution in [3.63, 3.8) is 0 Å². The Bertz CT molecular complexity index is 240. The summed E-state index contributed by atoms with van der Waals surface area (Å²) in [5.74, 6) is -0.830. The van der Waals surface area contributed by atoms with Gasteiger partial charge in [-0.3, -0.25) is 9.59 Å². The third-order valence-corrected chi connectivity index (χ3v) is 3.59. The van der Waals surface area contributed by atoms with Crippen molar-refractivity contribution in [1.29, 1.82) is 0 Å². The van der Waals surface area contributed by atoms with Crippen LogP contribution in [0.3, 0.4) is 0 Å². The van der Waals surface area contributed by atoms with Gasteiger partial charge in [0.15, 0.2) is 7.38 Å². The summed E-state index contributed by atoms with van der Waals surface area (Å²) in [6, 6.07) is 0.645. The first-order valence-corrected chi connectivity index (χ1v) is 8.38. The lowest BCUT2D eigenvalue weighted by Gasteiger charge is -2.10. The topological polar surface area (TPSA) is 34.1 Å². The molecule has 0 aromatic carbocycles. The molecule has 0 atom stereocenters. The van der Waals surface area contributed by atoms with E-state index in [1.165, 1.54) is 0 Å². The number of halogens is 1. The van der Waals surface area contributed by atoms with Crippen LogP contribution >= 0.6 is 11.1 Å². The van der Waals surface area contributed by atoms with E-state index < -0.39 is 13.2 Å². The first kappa shape index (κ1) is 12.6. The maximum absolute atomic E-state index is 11.2. The third-order valence-electron chi connectivity index (χ3n) is 1.59. The summed E-state index contributed by atoms with van der Waals surface area (Å²) in [7, 11) is -1.73. The molecule has 4 heteroatoms. The molecule has 0 radical (unpaired) electrons. The van der Waals surface area contributed by atoms with E-state index in [4.69, 9.17) is 11.1 Å². The molecule has 0 fully saturated rings. The number of carbonyl (C=O) groups is 2. The van der Waals surface area contributed by atoms with Crippen molar-refractivity contribution < 1.29 is 9.59 Å². The zero-order valence-electron chi connectivity index (χ0n) is 8.32. The highest BCUT2D eigenvalue weighted by Gasteiger charge is 2.21. The van der Waals surface area contributed by atoms with Gasteiger partial charge >= 0.3 is 0 Å². The van der Waals surface area contributed by atoms with E-state index in [0.717, 1.165) is 0 Å². The smallest absolute Gasteiger partial charge is 0.223 e. The van der Waals surface area contributed by atoms with Gasteiger partial charge in [-0.1, -0.05) is 19.7 Å². The van der Waals surface area contributed by atoms with Gasteiger partial charge in [-0.15, -0.1) is 0 Å². The van der Waals surface area contributed by atoms with Crippen molar-refractivity contribution >= 4 is 30.0 Å². The van der Waals surface area contributed by atoms with Crippen LogP contribution in [0, 0.1) is 0 Å². The second-order valence-corrected chi connectivity index (χ2v) is 10.8. The Morgan fingerprint density at radius 2 is 1.85 bits per heavy atom. The summed E-state index contributed by atoms with van der Waals surface area (Å²) < 4.78 is 0. The number of allylic oxidation sites excluding steroid dienone is 1. The number of hydrogen-bond acceptors (Lipinski definition) is 2. The van der Waals surface area contributed by atoms with Crippen molar-refractivity contribution in [1.82, 2.24) is 0 Å². The second-order valence-electron chi connectivity index (χ2n) is 3.75. The monoisotopic (exact) mass is 218 g/mol. The number of ketones is 2. The van der Waals surface area contributed by atoms with Gasteiger partial charge in [0, 0.05) is 6.42 Å². The molecule has 2 nitrogen and oxygen atoms in total. The molecule has 13 heavy (non-hydrogen) atoms. The zero-order valence-corrected chi connectivity index (χ0v) is 10.1. The first-order chi connectivity index (χ1) is 5.74. The molecule has 0 saturated heterocycles. The molecular weight excluding hydrogens is 204 g/mol. The largest absolute Gasteiger partial charge is 0.291 e. The van der Waals surface area contributed by atoms with Gasteiger partial charge in [0.1, 0.15) is 0 Å². The van der Waals surface area contributed by atoms with E-state index in [1.54, 1.807) is 6.92 Å². The van der Waals surface area contributed by atoms with Crippen LogP contribution in [0.5, 0.6) is 0 Å². The lowest BCUT2D eigenvalue weighted by molar-refractivity contribution is -0.134. The Kier molecular flexibility index (Phi) is 4.57. The van der Waals surface area contributed by atoms with Gasteiger partial charge < -0.3 is 0 Å². The fourth-order valence-corrected chi connectivity index (χ4v) is 1.87. The van der Waals surface area contributed by atoms with E-state index in [2.05, 4.69) is 6.58 Å². The van der Waals surface area contributed by atoms with Gasteiger partial charge in [0.05, 0.1) is 0 Å². The van der Waals surface area contributed by atoms with Crippen LogP contribution < -0.4 is 0 Å². The van der Waals surface area contributed by atoms with Gasteiger partial charge in [-0.2, -0.15) is 11.1 Å². The lowest BCUT2D eigenvalue weighted by atomic mass is 10.1. The Morgan fingerprint density at radius 1 is 1.38 bits per heavy atom. The normalized spacial score (nSPS) is 11.1. The van der Waals surface area contributed by atoms with E-state index in [-0.39, 0.29) is 12.2 Å². The highest BCUT2D eigenvalue weighted by atomic mass is 35.6. The van der Waals surface area contributed by atoms with Crippen LogP contribution in [0.15, 0.2) is 12.2 Å². The molecule has 0 aliphatic rings. The van der Waals surface area contributed by atoms with Crippen LogP contribution in [0.1, 0.15) is 13.3 Å². The molecule has 0 aliphatic carbocycles. The maximum Gasteiger partial charge on any atom is 0.223 e. The molecule has 0 amide bonds. The first-order valence-electron chi connectivity index (χ1n) is 4.16. The predicted octanol–water partition coefficient (Wildman–Crippen LogP) is 2.53. The van der Waals surface area contributed by atoms with Gasteiger partial charge in [-0.25, -0.2) is 0 Å². The second kappa shape index (κ2) is 4.72. The minimum Gasteiger partial charge on any atom is -0.291 e. The Balaban J connectivity index is 4.04. The highest BCUT2D eigenvalue weighted by Crippen LogP contribution is 2.16. The minimum absolute atomic E-state index is 0.258. The molecule has 0 heterocycles. The van der Waals surface area contributed by atoms with E-state index in [1.807, 2.05) is 13.1 Å². The molecule has 0 spiro atoms. The summed E-state index contributed by atoms with van der Waals surface area (Å²) in [6.45, 7) is 8.88. The molecule has 0 bridgehead atoms. The quantitative estimate of drug-likeness (QED) is 0.308. The number of rotatable bonds is 5. The standard InChI is InChI=1S/C9H15ClO2Si/c1-7(2)9(12)8(11)5-6-13(3,4)10/h1,5-6H2,2-4H3. The summed E-state index contributed by atoms with van der Waals surface area (Å²) in [4.78, 5) is 22.3. The molecule has 74 valence electrons. The number of carbonyl (C=O) groups excluding carboxylic acids is 2. The van der Waals surface area contributed by atoms with Crippen molar-refractivity contribution in [3.8, 4) is 0 Å². The molecule has 0 N–H and O–H groups in total. The molecule has 0 unspecified atom stereocenters. The highest BCUT2D eigenvalue weighted by molar-refractivity contribution is 7.19. The third kappa shape index (κ3) is 5.77. The Morgan fingerprint density at radius 3 is 2.15 bits per heavy atom. The van der Waals surface area contributed by atoms with Crippen LogP contribution in [-0.4, -0.2) is 19.0 Å². The minimum atomic E-state index is -1.73. The van der Waals surface area contributed by atoms with Gasteiger partial charge in [0.25, 0.3) is 0 Å². The lowest BCUT2D eigenvalue weighted by Crippen LogP contribution is -2.21. The van der Waals surface area contributed by atoms with Crippen LogP contribution in [0.2, 0.25) is 19.1 Å². The predicted molar refractivity (Wildman–Crippen MR) is 57.6 cm³/mol. The SMILES string of the molecule is C=C(C)C(=O)C(=O)CC[Si](C)(C)Cl. The molecule has 0 aromatic heterocycles. The summed E-state index contributed by atoms with van der Waals surface area (Å²) in [6.07, 6.45) is 0.258. The van der Waals surface area contributed by atoms with Gasteiger partial charge in [0.2, 0.25) is 11.6 Å². The maximum atomic E-state index is 11.2. The van der Waals surface area contributed by atoms with Crippen molar-refractivity contribution in [2.75, 3.05) is 0 Å². The van der Waals surface area contributed by atoms with Crippen molar-refractivity contribution in [2.45, 2.75) is 32.5 Å². The molecule has 0 rings (SSSR count). The molecule has 0 aliphatic heterocycles. The van der Waals surface area contributed by atoms with Crippen molar-refractivity contribution in [2.24, 2.45) is 0 Å². The molecular formula is C9H15ClO2Si. The van der Waals surface area contributed by atoms with Crippen LogP contribution in [0.4, 0.5) is 0 Å². The molecule has 0 aromatic rings. The fraction of sp³-hybridized carbons (Fsp3) is 0.556. The number of Topliss-reactive ketones (excluding diaryl/α,β-unsaturated/α-hetero) is 2. The van der Waals surface area contributed by atoms with Crippen LogP contribution in [0.25, 0.3) is 0 Å². The van der Waals surface area contributed by atoms with Crippen molar-refractivity contribution in [3.05, 3.63) is 12.2 Å². The zero-order chi connectivity index (χ0) is 10.6. The van der Waals surface area contributed by atoms with E-state index >= 15 is 0 Å². The summed E-state index contributed by atoms with van der Waals surface area (Å²) in [5.41, 5.74) is 0.305. The van der Waals surface area contributed by atoms with E-state index in [0.29, 0.717) is 11.6 Å². The average Bonchev–Trinajstić information content (AvgIpc) is 1.97. The van der Waals surface area contributed by atoms with E-state index in [9.17, 15) is 9.59 Å². The molecule has 0 saturated carbocycles. The van der Waals surface area contributed by atoms with Crippen LogP contribution in [-0.2, 0) is 9.59 Å². The number of hydrogen-bond donors (Lipinski definition) is 0. The van der Waals surface area contributed by atoms with Gasteiger partial charge in [-0.05, 0) is 18.5 Å². The Hall–Kier alpha value is -0.413. The fourth-order valence-electron chi connectivity index (χ4n) is 0.762. The summed E-state index contributed by atoms with van der Waals surface area (Å²) in [5, 5.41) is 0.